The molecule has 0 spiro atoms. The first-order valence-electron chi connectivity index (χ1n) is 17.4. The van der Waals surface area contributed by atoms with E-state index >= 15 is 0 Å². The Balaban J connectivity index is 1.09. The van der Waals surface area contributed by atoms with Crippen molar-refractivity contribution in [2.45, 2.75) is 77.7 Å². The number of anilines is 1. The van der Waals surface area contributed by atoms with Crippen LogP contribution in [-0.2, 0) is 13.0 Å². The average molecular weight is 662 g/mol. The quantitative estimate of drug-likeness (QED) is 0.298. The molecule has 0 radical (unpaired) electrons. The lowest BCUT2D eigenvalue weighted by atomic mass is 10.0. The minimum Gasteiger partial charge on any atom is -0.490 e. The number of aliphatic hydroxyl groups excluding tert-OH is 1. The van der Waals surface area contributed by atoms with E-state index in [9.17, 15) is 14.3 Å². The normalized spacial score (nSPS) is 18.2. The van der Waals surface area contributed by atoms with E-state index in [0.29, 0.717) is 37.7 Å². The first-order chi connectivity index (χ1) is 23.3. The maximum absolute atomic E-state index is 14.3. The summed E-state index contributed by atoms with van der Waals surface area (Å²) in [6.07, 6.45) is 9.39. The second kappa shape index (κ2) is 15.6. The van der Waals surface area contributed by atoms with E-state index in [1.807, 2.05) is 33.0 Å². The second-order valence-corrected chi connectivity index (χ2v) is 13.3. The van der Waals surface area contributed by atoms with Gasteiger partial charge in [-0.15, -0.1) is 0 Å². The predicted octanol–water partition coefficient (Wildman–Crippen LogP) is 4.54. The van der Waals surface area contributed by atoms with Crippen molar-refractivity contribution in [3.8, 4) is 17.2 Å². The van der Waals surface area contributed by atoms with Gasteiger partial charge in [-0.1, -0.05) is 0 Å². The molecule has 2 saturated heterocycles. The maximum Gasteiger partial charge on any atom is 0.257 e. The summed E-state index contributed by atoms with van der Waals surface area (Å²) >= 11 is 0. The summed E-state index contributed by atoms with van der Waals surface area (Å²) in [6, 6.07) is 5.91. The van der Waals surface area contributed by atoms with Crippen molar-refractivity contribution in [1.29, 1.82) is 0 Å². The number of carbonyl (C=O) groups excluding carboxylic acids is 1. The van der Waals surface area contributed by atoms with Crippen LogP contribution in [0, 0.1) is 5.82 Å². The molecule has 48 heavy (non-hydrogen) atoms. The Morgan fingerprint density at radius 3 is 2.54 bits per heavy atom. The summed E-state index contributed by atoms with van der Waals surface area (Å²) in [7, 11) is 0. The van der Waals surface area contributed by atoms with E-state index in [0.717, 1.165) is 69.0 Å². The maximum atomic E-state index is 14.3. The Kier molecular flexibility index (Phi) is 11.0. The van der Waals surface area contributed by atoms with Gasteiger partial charge in [0.05, 0.1) is 17.9 Å². The molecule has 1 aromatic carbocycles. The summed E-state index contributed by atoms with van der Waals surface area (Å²) in [4.78, 5) is 35.2. The molecule has 0 bridgehead atoms. The number of amides is 1. The molecule has 6 rings (SSSR count). The fraction of sp³-hybridized carbons (Fsp3) is 0.556. The Bertz CT molecular complexity index is 1540. The van der Waals surface area contributed by atoms with Crippen LogP contribution < -0.4 is 14.4 Å². The number of hydrogen-bond acceptors (Lipinski definition) is 10. The lowest BCUT2D eigenvalue weighted by Crippen LogP contribution is -2.42. The van der Waals surface area contributed by atoms with Crippen molar-refractivity contribution in [3.63, 3.8) is 0 Å². The SMILES string of the molecule is CCN(C(=O)c1cc(F)ccc1Oc1cncnc1N1CCC(Oc2ccnc3c2CN(CC(O)CN2CCCC2)CC3)CC1)C(C)C. The zero-order chi connectivity index (χ0) is 33.6. The van der Waals surface area contributed by atoms with Crippen LogP contribution in [0.15, 0.2) is 43.0 Å². The molecule has 11 nitrogen and oxygen atoms in total. The molecule has 2 aromatic heterocycles. The van der Waals surface area contributed by atoms with Gasteiger partial charge in [0.2, 0.25) is 0 Å². The van der Waals surface area contributed by atoms with Crippen LogP contribution in [0.1, 0.15) is 68.1 Å². The number of aromatic nitrogens is 3. The molecule has 258 valence electrons. The molecule has 2 fully saturated rings. The highest BCUT2D eigenvalue weighted by molar-refractivity contribution is 5.97. The number of hydrogen-bond donors (Lipinski definition) is 1. The van der Waals surface area contributed by atoms with Gasteiger partial charge in [0.1, 0.15) is 29.7 Å². The van der Waals surface area contributed by atoms with Crippen molar-refractivity contribution in [3.05, 3.63) is 65.6 Å². The molecule has 0 saturated carbocycles. The van der Waals surface area contributed by atoms with Gasteiger partial charge in [0.25, 0.3) is 5.91 Å². The van der Waals surface area contributed by atoms with Crippen molar-refractivity contribution in [2.75, 3.05) is 57.3 Å². The highest BCUT2D eigenvalue weighted by Crippen LogP contribution is 2.35. The van der Waals surface area contributed by atoms with Gasteiger partial charge in [-0.2, -0.15) is 0 Å². The van der Waals surface area contributed by atoms with Crippen molar-refractivity contribution >= 4 is 11.7 Å². The molecule has 1 unspecified atom stereocenters. The van der Waals surface area contributed by atoms with Crippen LogP contribution in [0.25, 0.3) is 0 Å². The van der Waals surface area contributed by atoms with Gasteiger partial charge in [-0.05, 0) is 71.0 Å². The van der Waals surface area contributed by atoms with Gasteiger partial charge in [0, 0.05) is 88.6 Å². The van der Waals surface area contributed by atoms with Gasteiger partial charge in [-0.25, -0.2) is 14.4 Å². The first-order valence-corrected chi connectivity index (χ1v) is 17.4. The Labute approximate surface area is 282 Å². The van der Waals surface area contributed by atoms with Gasteiger partial charge >= 0.3 is 0 Å². The molecular formula is C36H48FN7O4. The number of pyridine rings is 1. The van der Waals surface area contributed by atoms with Crippen LogP contribution >= 0.6 is 0 Å². The minimum atomic E-state index is -0.504. The molecule has 1 amide bonds. The molecule has 1 atom stereocenters. The van der Waals surface area contributed by atoms with Crippen LogP contribution in [0.2, 0.25) is 0 Å². The number of benzene rings is 1. The molecule has 3 aliphatic rings. The predicted molar refractivity (Wildman–Crippen MR) is 181 cm³/mol. The number of piperidine rings is 1. The average Bonchev–Trinajstić information content (AvgIpc) is 3.59. The van der Waals surface area contributed by atoms with Crippen molar-refractivity contribution in [2.24, 2.45) is 0 Å². The van der Waals surface area contributed by atoms with Gasteiger partial charge in [0.15, 0.2) is 11.6 Å². The third-order valence-corrected chi connectivity index (χ3v) is 9.60. The zero-order valence-electron chi connectivity index (χ0n) is 28.4. The fourth-order valence-corrected chi connectivity index (χ4v) is 7.11. The molecular weight excluding hydrogens is 613 g/mol. The van der Waals surface area contributed by atoms with E-state index in [-0.39, 0.29) is 35.5 Å². The van der Waals surface area contributed by atoms with Crippen LogP contribution in [0.5, 0.6) is 17.2 Å². The zero-order valence-corrected chi connectivity index (χ0v) is 28.4. The molecule has 12 heteroatoms. The number of aliphatic hydroxyl groups is 1. The van der Waals surface area contributed by atoms with Crippen LogP contribution in [0.4, 0.5) is 10.2 Å². The van der Waals surface area contributed by atoms with Crippen molar-refractivity contribution < 1.29 is 23.8 Å². The summed E-state index contributed by atoms with van der Waals surface area (Å²) in [5, 5.41) is 10.8. The van der Waals surface area contributed by atoms with Crippen LogP contribution in [-0.4, -0.2) is 111 Å². The highest BCUT2D eigenvalue weighted by atomic mass is 19.1. The molecule has 3 aromatic rings. The van der Waals surface area contributed by atoms with Crippen LogP contribution in [0.3, 0.4) is 0 Å². The highest BCUT2D eigenvalue weighted by Gasteiger charge is 2.29. The number of nitrogens with zero attached hydrogens (tertiary/aromatic N) is 7. The number of fused-ring (bicyclic) bond motifs is 1. The number of rotatable bonds is 12. The number of halogens is 1. The molecule has 1 N–H and O–H groups in total. The van der Waals surface area contributed by atoms with E-state index < -0.39 is 5.82 Å². The van der Waals surface area contributed by atoms with Gasteiger partial charge in [-0.3, -0.25) is 14.7 Å². The number of ether oxygens (including phenoxy) is 2. The number of β-amino-alcohol motifs (C(OH)–C–C–N with tert-alkyl or cyclic N) is 1. The molecule has 5 heterocycles. The Morgan fingerprint density at radius 1 is 1.02 bits per heavy atom. The third kappa shape index (κ3) is 8.04. The van der Waals surface area contributed by atoms with E-state index in [1.54, 1.807) is 11.1 Å². The lowest BCUT2D eigenvalue weighted by Gasteiger charge is -2.35. The Morgan fingerprint density at radius 2 is 1.79 bits per heavy atom. The summed E-state index contributed by atoms with van der Waals surface area (Å²) in [6.45, 7) is 12.8. The Hall–Kier alpha value is -3.87. The smallest absolute Gasteiger partial charge is 0.257 e. The minimum absolute atomic E-state index is 0.0208. The second-order valence-electron chi connectivity index (χ2n) is 13.3. The lowest BCUT2D eigenvalue weighted by molar-refractivity contribution is 0.0713. The molecule has 0 aliphatic carbocycles. The third-order valence-electron chi connectivity index (χ3n) is 9.60. The fourth-order valence-electron chi connectivity index (χ4n) is 7.11. The van der Waals surface area contributed by atoms with Gasteiger partial charge < -0.3 is 29.3 Å². The first kappa shape index (κ1) is 34.0. The topological polar surface area (TPSA) is 107 Å². The van der Waals surface area contributed by atoms with E-state index in [2.05, 4.69) is 29.7 Å². The summed E-state index contributed by atoms with van der Waals surface area (Å²) in [5.41, 5.74) is 2.36. The summed E-state index contributed by atoms with van der Waals surface area (Å²) in [5.74, 6) is 1.36. The monoisotopic (exact) mass is 661 g/mol. The molecule has 3 aliphatic heterocycles. The number of likely N-dealkylation sites (tertiary alicyclic amines) is 1. The van der Waals surface area contributed by atoms with E-state index in [4.69, 9.17) is 9.47 Å². The van der Waals surface area contributed by atoms with E-state index in [1.165, 1.54) is 37.4 Å². The van der Waals surface area contributed by atoms with Crippen molar-refractivity contribution in [1.82, 2.24) is 29.7 Å². The number of carbonyl (C=O) groups is 1. The standard InChI is InChI=1S/C36H48FN7O4/c1-4-44(25(2)3)36(46)29-19-26(37)7-8-32(29)48-34-20-38-24-40-35(34)43-17-10-28(11-18-43)47-33-9-13-39-31-12-16-42(23-30(31)33)22-27(45)21-41-14-5-6-15-41/h7-9,13,19-20,24-25,27-28,45H,4-6,10-12,14-18,21-23H2,1-3H3. The summed E-state index contributed by atoms with van der Waals surface area (Å²) < 4.78 is 27.2. The largest absolute Gasteiger partial charge is 0.490 e.